The summed E-state index contributed by atoms with van der Waals surface area (Å²) < 4.78 is 43.6. The standard InChI is InChI=1S/C13H13BrF3NO2/c1-7-9(4-5-20-7)12(19)18-11-6-8(13(15,16)17)2-3-10(11)14/h2-3,6-7,9H,4-5H2,1H3,(H,18,19). The molecule has 3 nitrogen and oxygen atoms in total. The summed E-state index contributed by atoms with van der Waals surface area (Å²) in [4.78, 5) is 12.0. The lowest BCUT2D eigenvalue weighted by Gasteiger charge is -2.16. The van der Waals surface area contributed by atoms with E-state index in [9.17, 15) is 18.0 Å². The number of benzene rings is 1. The zero-order chi connectivity index (χ0) is 14.9. The van der Waals surface area contributed by atoms with E-state index < -0.39 is 11.7 Å². The van der Waals surface area contributed by atoms with Crippen molar-refractivity contribution >= 4 is 27.5 Å². The molecule has 110 valence electrons. The van der Waals surface area contributed by atoms with Crippen molar-refractivity contribution in [3.8, 4) is 0 Å². The molecule has 1 aromatic rings. The Balaban J connectivity index is 2.18. The van der Waals surface area contributed by atoms with E-state index in [2.05, 4.69) is 21.2 Å². The van der Waals surface area contributed by atoms with E-state index in [4.69, 9.17) is 4.74 Å². The lowest BCUT2D eigenvalue weighted by molar-refractivity contribution is -0.137. The van der Waals surface area contributed by atoms with Gasteiger partial charge in [0.25, 0.3) is 0 Å². The van der Waals surface area contributed by atoms with Crippen molar-refractivity contribution < 1.29 is 22.7 Å². The normalized spacial score (nSPS) is 22.9. The van der Waals surface area contributed by atoms with Crippen LogP contribution in [0.4, 0.5) is 18.9 Å². The minimum Gasteiger partial charge on any atom is -0.378 e. The number of rotatable bonds is 2. The topological polar surface area (TPSA) is 38.3 Å². The Kier molecular flexibility index (Phi) is 4.39. The molecular formula is C13H13BrF3NO2. The second-order valence-corrected chi connectivity index (χ2v) is 5.51. The minimum absolute atomic E-state index is 0.115. The van der Waals surface area contributed by atoms with Crippen LogP contribution in [0, 0.1) is 5.92 Å². The fourth-order valence-corrected chi connectivity index (χ4v) is 2.44. The first-order valence-corrected chi connectivity index (χ1v) is 6.87. The molecule has 1 N–H and O–H groups in total. The molecule has 0 radical (unpaired) electrons. The first kappa shape index (κ1) is 15.3. The maximum Gasteiger partial charge on any atom is 0.416 e. The molecule has 2 atom stereocenters. The highest BCUT2D eigenvalue weighted by atomic mass is 79.9. The molecule has 0 aromatic heterocycles. The van der Waals surface area contributed by atoms with Crippen LogP contribution in [-0.2, 0) is 15.7 Å². The molecule has 1 heterocycles. The summed E-state index contributed by atoms with van der Waals surface area (Å²) in [5, 5.41) is 2.53. The number of amides is 1. The van der Waals surface area contributed by atoms with Gasteiger partial charge in [0.15, 0.2) is 0 Å². The third-order valence-corrected chi connectivity index (χ3v) is 3.96. The van der Waals surface area contributed by atoms with Gasteiger partial charge in [-0.15, -0.1) is 0 Å². The van der Waals surface area contributed by atoms with Gasteiger partial charge < -0.3 is 10.1 Å². The van der Waals surface area contributed by atoms with Gasteiger partial charge in [0.2, 0.25) is 5.91 Å². The number of anilines is 1. The van der Waals surface area contributed by atoms with Crippen LogP contribution >= 0.6 is 15.9 Å². The summed E-state index contributed by atoms with van der Waals surface area (Å²) in [6, 6.07) is 3.15. The number of hydrogen-bond donors (Lipinski definition) is 1. The molecule has 1 fully saturated rings. The van der Waals surface area contributed by atoms with E-state index in [0.29, 0.717) is 17.5 Å². The van der Waals surface area contributed by atoms with E-state index in [1.54, 1.807) is 6.92 Å². The fourth-order valence-electron chi connectivity index (χ4n) is 2.10. The zero-order valence-electron chi connectivity index (χ0n) is 10.6. The molecule has 2 rings (SSSR count). The monoisotopic (exact) mass is 351 g/mol. The van der Waals surface area contributed by atoms with Crippen molar-refractivity contribution in [1.82, 2.24) is 0 Å². The number of ether oxygens (including phenoxy) is 1. The van der Waals surface area contributed by atoms with Crippen LogP contribution in [0.25, 0.3) is 0 Å². The molecule has 1 aliphatic heterocycles. The number of carbonyl (C=O) groups excluding carboxylic acids is 1. The van der Waals surface area contributed by atoms with Crippen LogP contribution < -0.4 is 5.32 Å². The highest BCUT2D eigenvalue weighted by Gasteiger charge is 2.33. The molecule has 20 heavy (non-hydrogen) atoms. The summed E-state index contributed by atoms with van der Waals surface area (Å²) in [6.45, 7) is 2.27. The summed E-state index contributed by atoms with van der Waals surface area (Å²) in [6.07, 6.45) is -4.09. The number of nitrogens with one attached hydrogen (secondary N) is 1. The van der Waals surface area contributed by atoms with E-state index >= 15 is 0 Å². The van der Waals surface area contributed by atoms with Crippen molar-refractivity contribution in [2.24, 2.45) is 5.92 Å². The molecule has 7 heteroatoms. The van der Waals surface area contributed by atoms with E-state index in [1.807, 2.05) is 0 Å². The van der Waals surface area contributed by atoms with Crippen LogP contribution in [-0.4, -0.2) is 18.6 Å². The van der Waals surface area contributed by atoms with Crippen molar-refractivity contribution in [3.05, 3.63) is 28.2 Å². The first-order chi connectivity index (χ1) is 9.29. The largest absolute Gasteiger partial charge is 0.416 e. The Morgan fingerprint density at radius 3 is 2.70 bits per heavy atom. The average Bonchev–Trinajstić information content (AvgIpc) is 2.77. The molecule has 0 aliphatic carbocycles. The smallest absolute Gasteiger partial charge is 0.378 e. The van der Waals surface area contributed by atoms with E-state index in [-0.39, 0.29) is 23.6 Å². The van der Waals surface area contributed by atoms with Crippen molar-refractivity contribution in [2.75, 3.05) is 11.9 Å². The molecule has 2 unspecified atom stereocenters. The third-order valence-electron chi connectivity index (χ3n) is 3.26. The second-order valence-electron chi connectivity index (χ2n) is 4.65. The number of hydrogen-bond acceptors (Lipinski definition) is 2. The van der Waals surface area contributed by atoms with Crippen LogP contribution in [0.5, 0.6) is 0 Å². The first-order valence-electron chi connectivity index (χ1n) is 6.08. The maximum atomic E-state index is 12.7. The number of carbonyl (C=O) groups is 1. The van der Waals surface area contributed by atoms with Crippen molar-refractivity contribution in [1.29, 1.82) is 0 Å². The lowest BCUT2D eigenvalue weighted by Crippen LogP contribution is -2.28. The van der Waals surface area contributed by atoms with Crippen molar-refractivity contribution in [3.63, 3.8) is 0 Å². The van der Waals surface area contributed by atoms with E-state index in [0.717, 1.165) is 12.1 Å². The molecule has 1 aliphatic rings. The summed E-state index contributed by atoms with van der Waals surface area (Å²) in [5.41, 5.74) is -0.685. The highest BCUT2D eigenvalue weighted by Crippen LogP contribution is 2.34. The molecule has 1 saturated heterocycles. The summed E-state index contributed by atoms with van der Waals surface area (Å²) in [7, 11) is 0. The van der Waals surface area contributed by atoms with Gasteiger partial charge in [-0.1, -0.05) is 0 Å². The number of halogens is 4. The Bertz CT molecular complexity index is 519. The van der Waals surface area contributed by atoms with Gasteiger partial charge in [0.1, 0.15) is 0 Å². The second kappa shape index (κ2) is 5.73. The Hall–Kier alpha value is -1.08. The van der Waals surface area contributed by atoms with Gasteiger partial charge in [-0.05, 0) is 47.5 Å². The quantitative estimate of drug-likeness (QED) is 0.879. The summed E-state index contributed by atoms with van der Waals surface area (Å²) >= 11 is 3.14. The van der Waals surface area contributed by atoms with Gasteiger partial charge in [-0.3, -0.25) is 4.79 Å². The Morgan fingerprint density at radius 1 is 1.45 bits per heavy atom. The fraction of sp³-hybridized carbons (Fsp3) is 0.462. The maximum absolute atomic E-state index is 12.7. The minimum atomic E-state index is -4.44. The van der Waals surface area contributed by atoms with E-state index in [1.165, 1.54) is 6.07 Å². The highest BCUT2D eigenvalue weighted by molar-refractivity contribution is 9.10. The van der Waals surface area contributed by atoms with Crippen LogP contribution in [0.15, 0.2) is 22.7 Å². The zero-order valence-corrected chi connectivity index (χ0v) is 12.2. The van der Waals surface area contributed by atoms with Gasteiger partial charge in [0.05, 0.1) is 23.3 Å². The molecule has 0 bridgehead atoms. The predicted molar refractivity (Wildman–Crippen MR) is 71.3 cm³/mol. The predicted octanol–water partition coefficient (Wildman–Crippen LogP) is 3.83. The lowest BCUT2D eigenvalue weighted by atomic mass is 10.0. The molecule has 0 saturated carbocycles. The summed E-state index contributed by atoms with van der Waals surface area (Å²) in [5.74, 6) is -0.661. The van der Waals surface area contributed by atoms with Crippen LogP contribution in [0.1, 0.15) is 18.9 Å². The average molecular weight is 352 g/mol. The molecular weight excluding hydrogens is 339 g/mol. The Morgan fingerprint density at radius 2 is 2.15 bits per heavy atom. The molecule has 0 spiro atoms. The molecule has 1 aromatic carbocycles. The van der Waals surface area contributed by atoms with Crippen molar-refractivity contribution in [2.45, 2.75) is 25.6 Å². The molecule has 1 amide bonds. The van der Waals surface area contributed by atoms with Gasteiger partial charge in [0, 0.05) is 11.1 Å². The van der Waals surface area contributed by atoms with Gasteiger partial charge in [-0.2, -0.15) is 13.2 Å². The third kappa shape index (κ3) is 3.32. The van der Waals surface area contributed by atoms with Gasteiger partial charge in [-0.25, -0.2) is 0 Å². The Labute approximate surface area is 122 Å². The van der Waals surface area contributed by atoms with Crippen LogP contribution in [0.3, 0.4) is 0 Å². The number of alkyl halides is 3. The SMILES string of the molecule is CC1OCCC1C(=O)Nc1cc(C(F)(F)F)ccc1Br. The van der Waals surface area contributed by atoms with Gasteiger partial charge >= 0.3 is 6.18 Å². The van der Waals surface area contributed by atoms with Crippen LogP contribution in [0.2, 0.25) is 0 Å².